The quantitative estimate of drug-likeness (QED) is 0.656. The van der Waals surface area contributed by atoms with Crippen LogP contribution in [0.25, 0.3) is 0 Å². The molecule has 9 nitrogen and oxygen atoms in total. The standard InChI is InChI=1S/C23H30N4O5/c1-4-31-23(30)17-8-9-19(24-15-17)26-10-6-11-27(13-12-26)22(29)20(16(2)3)25-21(28)18-7-5-14-32-18/h5,7-9,14-16,20H,4,6,10-13H2,1-3H3,(H,25,28). The lowest BCUT2D eigenvalue weighted by atomic mass is 10.0. The fourth-order valence-corrected chi connectivity index (χ4v) is 3.61. The molecule has 1 N–H and O–H groups in total. The third-order valence-electron chi connectivity index (χ3n) is 5.35. The Morgan fingerprint density at radius 2 is 1.97 bits per heavy atom. The van der Waals surface area contributed by atoms with Crippen LogP contribution in [0.1, 0.15) is 48.1 Å². The highest BCUT2D eigenvalue weighted by Crippen LogP contribution is 2.17. The van der Waals surface area contributed by atoms with Gasteiger partial charge in [-0.25, -0.2) is 9.78 Å². The Balaban J connectivity index is 1.62. The van der Waals surface area contributed by atoms with Gasteiger partial charge >= 0.3 is 5.97 Å². The number of rotatable bonds is 7. The minimum Gasteiger partial charge on any atom is -0.462 e. The number of amides is 2. The van der Waals surface area contributed by atoms with E-state index in [1.165, 1.54) is 12.5 Å². The lowest BCUT2D eigenvalue weighted by molar-refractivity contribution is -0.134. The highest BCUT2D eigenvalue weighted by molar-refractivity contribution is 5.95. The monoisotopic (exact) mass is 442 g/mol. The topological polar surface area (TPSA) is 105 Å². The number of esters is 1. The van der Waals surface area contributed by atoms with Gasteiger partial charge in [-0.1, -0.05) is 13.8 Å². The van der Waals surface area contributed by atoms with Crippen LogP contribution in [0.2, 0.25) is 0 Å². The maximum absolute atomic E-state index is 13.2. The molecule has 0 saturated carbocycles. The summed E-state index contributed by atoms with van der Waals surface area (Å²) in [6.45, 7) is 8.34. The fraction of sp³-hybridized carbons (Fsp3) is 0.478. The first kappa shape index (κ1) is 23.3. The molecule has 1 aliphatic rings. The number of pyridine rings is 1. The zero-order chi connectivity index (χ0) is 23.1. The summed E-state index contributed by atoms with van der Waals surface area (Å²) in [5.41, 5.74) is 0.411. The second kappa shape index (κ2) is 10.8. The van der Waals surface area contributed by atoms with Crippen molar-refractivity contribution in [3.8, 4) is 0 Å². The van der Waals surface area contributed by atoms with Crippen LogP contribution in [0.3, 0.4) is 0 Å². The van der Waals surface area contributed by atoms with Gasteiger partial charge in [0.1, 0.15) is 11.9 Å². The first-order valence-electron chi connectivity index (χ1n) is 10.9. The highest BCUT2D eigenvalue weighted by Gasteiger charge is 2.30. The number of anilines is 1. The van der Waals surface area contributed by atoms with E-state index in [9.17, 15) is 14.4 Å². The minimum atomic E-state index is -0.638. The summed E-state index contributed by atoms with van der Waals surface area (Å²) < 4.78 is 10.1. The highest BCUT2D eigenvalue weighted by atomic mass is 16.5. The van der Waals surface area contributed by atoms with E-state index in [2.05, 4.69) is 15.2 Å². The number of carbonyl (C=O) groups is 3. The van der Waals surface area contributed by atoms with Gasteiger partial charge in [-0.2, -0.15) is 0 Å². The molecule has 2 aromatic heterocycles. The zero-order valence-electron chi connectivity index (χ0n) is 18.7. The number of carbonyl (C=O) groups excluding carboxylic acids is 3. The van der Waals surface area contributed by atoms with Crippen LogP contribution in [0.15, 0.2) is 41.1 Å². The zero-order valence-corrected chi connectivity index (χ0v) is 18.7. The second-order valence-corrected chi connectivity index (χ2v) is 7.96. The molecule has 9 heteroatoms. The molecule has 172 valence electrons. The lowest BCUT2D eigenvalue weighted by Gasteiger charge is -2.29. The first-order valence-corrected chi connectivity index (χ1v) is 10.9. The minimum absolute atomic E-state index is 0.0714. The van der Waals surface area contributed by atoms with E-state index in [0.29, 0.717) is 31.8 Å². The molecule has 2 aromatic rings. The third kappa shape index (κ3) is 5.66. The van der Waals surface area contributed by atoms with Crippen LogP contribution >= 0.6 is 0 Å². The van der Waals surface area contributed by atoms with E-state index >= 15 is 0 Å². The van der Waals surface area contributed by atoms with Gasteiger partial charge in [-0.05, 0) is 43.5 Å². The lowest BCUT2D eigenvalue weighted by Crippen LogP contribution is -2.52. The molecule has 3 heterocycles. The number of nitrogens with zero attached hydrogens (tertiary/aromatic N) is 3. The van der Waals surface area contributed by atoms with Gasteiger partial charge in [0.25, 0.3) is 5.91 Å². The molecular formula is C23H30N4O5. The maximum Gasteiger partial charge on any atom is 0.339 e. The van der Waals surface area contributed by atoms with Crippen LogP contribution in [-0.2, 0) is 9.53 Å². The Morgan fingerprint density at radius 3 is 2.59 bits per heavy atom. The Hall–Kier alpha value is -3.36. The molecule has 0 bridgehead atoms. The van der Waals surface area contributed by atoms with Crippen molar-refractivity contribution in [2.45, 2.75) is 33.2 Å². The normalized spacial score (nSPS) is 15.2. The van der Waals surface area contributed by atoms with E-state index in [1.54, 1.807) is 36.1 Å². The van der Waals surface area contributed by atoms with Gasteiger partial charge in [-0.15, -0.1) is 0 Å². The van der Waals surface area contributed by atoms with E-state index < -0.39 is 17.9 Å². The molecular weight excluding hydrogens is 412 g/mol. The summed E-state index contributed by atoms with van der Waals surface area (Å²) in [7, 11) is 0. The Morgan fingerprint density at radius 1 is 1.16 bits per heavy atom. The molecule has 2 amide bonds. The summed E-state index contributed by atoms with van der Waals surface area (Å²) in [5.74, 6) is -0.0353. The van der Waals surface area contributed by atoms with Crippen LogP contribution in [0.4, 0.5) is 5.82 Å². The third-order valence-corrected chi connectivity index (χ3v) is 5.35. The van der Waals surface area contributed by atoms with Gasteiger partial charge < -0.3 is 24.3 Å². The smallest absolute Gasteiger partial charge is 0.339 e. The van der Waals surface area contributed by atoms with Crippen LogP contribution in [0.5, 0.6) is 0 Å². The molecule has 1 fully saturated rings. The van der Waals surface area contributed by atoms with E-state index in [4.69, 9.17) is 9.15 Å². The Labute approximate surface area is 187 Å². The average molecular weight is 443 g/mol. The molecule has 1 aliphatic heterocycles. The molecule has 1 unspecified atom stereocenters. The van der Waals surface area contributed by atoms with Crippen molar-refractivity contribution in [2.24, 2.45) is 5.92 Å². The van der Waals surface area contributed by atoms with Crippen molar-refractivity contribution in [1.29, 1.82) is 0 Å². The van der Waals surface area contributed by atoms with E-state index in [0.717, 1.165) is 18.8 Å². The van der Waals surface area contributed by atoms with Crippen molar-refractivity contribution in [1.82, 2.24) is 15.2 Å². The molecule has 0 aromatic carbocycles. The Kier molecular flexibility index (Phi) is 7.86. The number of furan rings is 1. The number of hydrogen-bond donors (Lipinski definition) is 1. The number of nitrogens with one attached hydrogen (secondary N) is 1. The van der Waals surface area contributed by atoms with Gasteiger partial charge in [0.05, 0.1) is 18.4 Å². The SMILES string of the molecule is CCOC(=O)c1ccc(N2CCCN(C(=O)C(NC(=O)c3ccco3)C(C)C)CC2)nc1. The van der Waals surface area contributed by atoms with Crippen molar-refractivity contribution < 1.29 is 23.5 Å². The van der Waals surface area contributed by atoms with Gasteiger partial charge in [-0.3, -0.25) is 9.59 Å². The summed E-state index contributed by atoms with van der Waals surface area (Å²) in [5, 5.41) is 2.81. The predicted molar refractivity (Wildman–Crippen MR) is 118 cm³/mol. The predicted octanol–water partition coefficient (Wildman–Crippen LogP) is 2.34. The summed E-state index contributed by atoms with van der Waals surface area (Å²) in [4.78, 5) is 45.7. The van der Waals surface area contributed by atoms with Crippen molar-refractivity contribution in [2.75, 3.05) is 37.7 Å². The fourth-order valence-electron chi connectivity index (χ4n) is 3.61. The van der Waals surface area contributed by atoms with Gasteiger partial charge in [0, 0.05) is 32.4 Å². The maximum atomic E-state index is 13.2. The molecule has 0 spiro atoms. The number of hydrogen-bond acceptors (Lipinski definition) is 7. The second-order valence-electron chi connectivity index (χ2n) is 7.96. The summed E-state index contributed by atoms with van der Waals surface area (Å²) in [6.07, 6.45) is 3.71. The van der Waals surface area contributed by atoms with Crippen LogP contribution in [0, 0.1) is 5.92 Å². The van der Waals surface area contributed by atoms with Crippen LogP contribution < -0.4 is 10.2 Å². The van der Waals surface area contributed by atoms with Gasteiger partial charge in [0.2, 0.25) is 5.91 Å². The summed E-state index contributed by atoms with van der Waals surface area (Å²) >= 11 is 0. The molecule has 3 rings (SSSR count). The molecule has 1 saturated heterocycles. The van der Waals surface area contributed by atoms with Crippen molar-refractivity contribution in [3.63, 3.8) is 0 Å². The molecule has 32 heavy (non-hydrogen) atoms. The molecule has 0 radical (unpaired) electrons. The Bertz CT molecular complexity index is 911. The first-order chi connectivity index (χ1) is 15.4. The van der Waals surface area contributed by atoms with Gasteiger partial charge in [0.15, 0.2) is 5.76 Å². The van der Waals surface area contributed by atoms with Crippen LogP contribution in [-0.4, -0.2) is 66.5 Å². The average Bonchev–Trinajstić information content (AvgIpc) is 3.22. The summed E-state index contributed by atoms with van der Waals surface area (Å²) in [6, 6.07) is 6.07. The van der Waals surface area contributed by atoms with E-state index in [-0.39, 0.29) is 17.6 Å². The van der Waals surface area contributed by atoms with E-state index in [1.807, 2.05) is 13.8 Å². The largest absolute Gasteiger partial charge is 0.462 e. The van der Waals surface area contributed by atoms with Crippen molar-refractivity contribution >= 4 is 23.6 Å². The number of aromatic nitrogens is 1. The number of ether oxygens (including phenoxy) is 1. The van der Waals surface area contributed by atoms with Crippen molar-refractivity contribution in [3.05, 3.63) is 48.0 Å². The molecule has 0 aliphatic carbocycles. The molecule has 1 atom stereocenters.